The molecule has 0 radical (unpaired) electrons. The van der Waals surface area contributed by atoms with E-state index in [2.05, 4.69) is 54.9 Å². The van der Waals surface area contributed by atoms with Crippen LogP contribution in [0.15, 0.2) is 28.9 Å². The third kappa shape index (κ3) is 3.00. The quantitative estimate of drug-likeness (QED) is 0.856. The molecular weight excluding hydrogens is 302 g/mol. The molecule has 1 fully saturated rings. The molecule has 3 rings (SSSR count). The van der Waals surface area contributed by atoms with Crippen molar-refractivity contribution in [1.82, 2.24) is 14.7 Å². The van der Waals surface area contributed by atoms with Gasteiger partial charge in [-0.2, -0.15) is 5.10 Å². The van der Waals surface area contributed by atoms with Gasteiger partial charge in [0.15, 0.2) is 0 Å². The maximum atomic E-state index is 4.59. The average molecular weight is 322 g/mol. The van der Waals surface area contributed by atoms with E-state index in [0.717, 1.165) is 11.1 Å². The fraction of sp³-hybridized carbons (Fsp3) is 0.533. The fourth-order valence-electron chi connectivity index (χ4n) is 2.88. The molecule has 1 aromatic heterocycles. The second-order valence-corrected chi connectivity index (χ2v) is 6.04. The highest BCUT2D eigenvalue weighted by Gasteiger charge is 2.11. The highest BCUT2D eigenvalue weighted by atomic mass is 79.9. The van der Waals surface area contributed by atoms with Crippen molar-refractivity contribution >= 4 is 26.8 Å². The number of halogens is 1. The van der Waals surface area contributed by atoms with Crippen LogP contribution >= 0.6 is 15.9 Å². The lowest BCUT2D eigenvalue weighted by molar-refractivity contribution is 0.222. The van der Waals surface area contributed by atoms with Gasteiger partial charge in [0.1, 0.15) is 4.60 Å². The zero-order valence-electron chi connectivity index (χ0n) is 11.2. The number of rotatable bonds is 4. The number of para-hydroxylation sites is 1. The molecular formula is C15H20BrN3. The highest BCUT2D eigenvalue weighted by Crippen LogP contribution is 2.23. The van der Waals surface area contributed by atoms with Crippen molar-refractivity contribution in [3.8, 4) is 0 Å². The van der Waals surface area contributed by atoms with Gasteiger partial charge in [0.2, 0.25) is 0 Å². The average Bonchev–Trinajstić information content (AvgIpc) is 2.78. The van der Waals surface area contributed by atoms with Crippen molar-refractivity contribution in [2.45, 2.75) is 32.2 Å². The molecule has 0 saturated carbocycles. The van der Waals surface area contributed by atoms with Gasteiger partial charge in [0, 0.05) is 11.9 Å². The van der Waals surface area contributed by atoms with Gasteiger partial charge >= 0.3 is 0 Å². The number of hydrogen-bond donors (Lipinski definition) is 0. The van der Waals surface area contributed by atoms with E-state index in [1.54, 1.807) is 0 Å². The van der Waals surface area contributed by atoms with Gasteiger partial charge in [-0.25, -0.2) is 0 Å². The minimum absolute atomic E-state index is 0.959. The van der Waals surface area contributed by atoms with Gasteiger partial charge in [-0.1, -0.05) is 24.6 Å². The topological polar surface area (TPSA) is 21.1 Å². The lowest BCUT2D eigenvalue weighted by Gasteiger charge is -2.26. The monoisotopic (exact) mass is 321 g/mol. The summed E-state index contributed by atoms with van der Waals surface area (Å²) in [5.74, 6) is 0. The summed E-state index contributed by atoms with van der Waals surface area (Å²) in [6.07, 6.45) is 5.33. The summed E-state index contributed by atoms with van der Waals surface area (Å²) in [6.45, 7) is 4.77. The number of piperidine rings is 1. The zero-order valence-corrected chi connectivity index (χ0v) is 12.8. The molecule has 1 saturated heterocycles. The summed E-state index contributed by atoms with van der Waals surface area (Å²) in [5, 5.41) is 5.80. The molecule has 0 bridgehead atoms. The lowest BCUT2D eigenvalue weighted by atomic mass is 10.1. The minimum atomic E-state index is 0.959. The number of aryl methyl sites for hydroxylation is 1. The normalized spacial score (nSPS) is 17.1. The number of aromatic nitrogens is 2. The predicted octanol–water partition coefficient (Wildman–Crippen LogP) is 3.67. The molecule has 1 aliphatic heterocycles. The maximum absolute atomic E-state index is 4.59. The summed E-state index contributed by atoms with van der Waals surface area (Å²) in [4.78, 5) is 2.59. The van der Waals surface area contributed by atoms with Crippen molar-refractivity contribution in [3.63, 3.8) is 0 Å². The Morgan fingerprint density at radius 3 is 2.68 bits per heavy atom. The van der Waals surface area contributed by atoms with Crippen LogP contribution < -0.4 is 0 Å². The fourth-order valence-corrected chi connectivity index (χ4v) is 3.41. The molecule has 4 heteroatoms. The van der Waals surface area contributed by atoms with E-state index in [0.29, 0.717) is 0 Å². The highest BCUT2D eigenvalue weighted by molar-refractivity contribution is 9.10. The summed E-state index contributed by atoms with van der Waals surface area (Å²) in [7, 11) is 0. The smallest absolute Gasteiger partial charge is 0.135 e. The zero-order chi connectivity index (χ0) is 13.1. The van der Waals surface area contributed by atoms with Gasteiger partial charge in [0.25, 0.3) is 0 Å². The molecule has 2 aromatic rings. The van der Waals surface area contributed by atoms with Crippen LogP contribution in [0.1, 0.15) is 25.7 Å². The Balaban J connectivity index is 1.62. The van der Waals surface area contributed by atoms with Gasteiger partial charge < -0.3 is 4.90 Å². The maximum Gasteiger partial charge on any atom is 0.135 e. The third-order valence-electron chi connectivity index (χ3n) is 3.91. The van der Waals surface area contributed by atoms with Crippen LogP contribution in [-0.2, 0) is 6.54 Å². The Morgan fingerprint density at radius 1 is 1.05 bits per heavy atom. The molecule has 1 aliphatic rings. The number of hydrogen-bond acceptors (Lipinski definition) is 2. The first kappa shape index (κ1) is 13.1. The van der Waals surface area contributed by atoms with E-state index in [-0.39, 0.29) is 0 Å². The Hall–Kier alpha value is -0.870. The van der Waals surface area contributed by atoms with Crippen molar-refractivity contribution < 1.29 is 0 Å². The van der Waals surface area contributed by atoms with Crippen LogP contribution in [-0.4, -0.2) is 34.3 Å². The van der Waals surface area contributed by atoms with Crippen LogP contribution in [0.5, 0.6) is 0 Å². The van der Waals surface area contributed by atoms with Crippen molar-refractivity contribution in [2.75, 3.05) is 19.6 Å². The molecule has 0 aliphatic carbocycles. The predicted molar refractivity (Wildman–Crippen MR) is 82.3 cm³/mol. The van der Waals surface area contributed by atoms with Crippen molar-refractivity contribution in [1.29, 1.82) is 0 Å². The van der Waals surface area contributed by atoms with E-state index in [1.807, 2.05) is 0 Å². The SMILES string of the molecule is Brc1nn(CCCN2CCCCC2)c2ccccc12. The summed E-state index contributed by atoms with van der Waals surface area (Å²) < 4.78 is 3.09. The van der Waals surface area contributed by atoms with Gasteiger partial charge in [-0.3, -0.25) is 4.68 Å². The third-order valence-corrected chi connectivity index (χ3v) is 4.49. The lowest BCUT2D eigenvalue weighted by Crippen LogP contribution is -2.31. The second kappa shape index (κ2) is 6.06. The van der Waals surface area contributed by atoms with E-state index in [1.165, 1.54) is 56.2 Å². The first-order valence-electron chi connectivity index (χ1n) is 7.18. The van der Waals surface area contributed by atoms with Crippen molar-refractivity contribution in [2.24, 2.45) is 0 Å². The van der Waals surface area contributed by atoms with E-state index >= 15 is 0 Å². The summed E-state index contributed by atoms with van der Waals surface area (Å²) in [5.41, 5.74) is 1.23. The summed E-state index contributed by atoms with van der Waals surface area (Å²) in [6, 6.07) is 8.41. The van der Waals surface area contributed by atoms with Crippen LogP contribution in [0.25, 0.3) is 10.9 Å². The Bertz CT molecular complexity index is 543. The van der Waals surface area contributed by atoms with Gasteiger partial charge in [0.05, 0.1) is 5.52 Å². The number of nitrogens with zero attached hydrogens (tertiary/aromatic N) is 3. The van der Waals surface area contributed by atoms with Crippen LogP contribution in [0.2, 0.25) is 0 Å². The van der Waals surface area contributed by atoms with Crippen LogP contribution in [0, 0.1) is 0 Å². The standard InChI is InChI=1S/C15H20BrN3/c16-15-13-7-2-3-8-14(13)19(17-15)12-6-11-18-9-4-1-5-10-18/h2-3,7-8H,1,4-6,9-12H2. The molecule has 2 heterocycles. The van der Waals surface area contributed by atoms with Crippen LogP contribution in [0.4, 0.5) is 0 Å². The largest absolute Gasteiger partial charge is 0.303 e. The Labute approximate surface area is 122 Å². The molecule has 0 unspecified atom stereocenters. The molecule has 0 amide bonds. The van der Waals surface area contributed by atoms with Gasteiger partial charge in [-0.05, 0) is 60.9 Å². The van der Waals surface area contributed by atoms with Gasteiger partial charge in [-0.15, -0.1) is 0 Å². The molecule has 0 N–H and O–H groups in total. The molecule has 0 atom stereocenters. The van der Waals surface area contributed by atoms with E-state index in [9.17, 15) is 0 Å². The first-order valence-corrected chi connectivity index (χ1v) is 7.97. The van der Waals surface area contributed by atoms with E-state index < -0.39 is 0 Å². The minimum Gasteiger partial charge on any atom is -0.303 e. The summed E-state index contributed by atoms with van der Waals surface area (Å²) >= 11 is 3.54. The number of fused-ring (bicyclic) bond motifs is 1. The van der Waals surface area contributed by atoms with Crippen LogP contribution in [0.3, 0.4) is 0 Å². The van der Waals surface area contributed by atoms with E-state index in [4.69, 9.17) is 0 Å². The molecule has 102 valence electrons. The number of benzene rings is 1. The molecule has 19 heavy (non-hydrogen) atoms. The number of likely N-dealkylation sites (tertiary alicyclic amines) is 1. The first-order chi connectivity index (χ1) is 9.34. The molecule has 0 spiro atoms. The molecule has 3 nitrogen and oxygen atoms in total. The van der Waals surface area contributed by atoms with Crippen molar-refractivity contribution in [3.05, 3.63) is 28.9 Å². The Kier molecular flexibility index (Phi) is 4.18. The second-order valence-electron chi connectivity index (χ2n) is 5.29. The Morgan fingerprint density at radius 2 is 1.84 bits per heavy atom. The molecule has 1 aromatic carbocycles.